The summed E-state index contributed by atoms with van der Waals surface area (Å²) in [6.07, 6.45) is 0. The molecule has 19 heavy (non-hydrogen) atoms. The smallest absolute Gasteiger partial charge is 0.260 e. The zero-order valence-electron chi connectivity index (χ0n) is 10.5. The monoisotopic (exact) mass is 263 g/mol. The van der Waals surface area contributed by atoms with E-state index in [-0.39, 0.29) is 12.5 Å². The van der Waals surface area contributed by atoms with Gasteiger partial charge in [-0.15, -0.1) is 0 Å². The lowest BCUT2D eigenvalue weighted by atomic mass is 10.2. The average Bonchev–Trinajstić information content (AvgIpc) is 2.46. The van der Waals surface area contributed by atoms with Crippen LogP contribution in [0.4, 0.5) is 0 Å². The van der Waals surface area contributed by atoms with Crippen molar-refractivity contribution in [2.45, 2.75) is 6.04 Å². The minimum Gasteiger partial charge on any atom is -0.484 e. The Morgan fingerprint density at radius 1 is 1.37 bits per heavy atom. The van der Waals surface area contributed by atoms with Gasteiger partial charge in [0.15, 0.2) is 6.61 Å². The number of nitrogens with one attached hydrogen (secondary N) is 1. The van der Waals surface area contributed by atoms with E-state index in [4.69, 9.17) is 10.5 Å². The number of ether oxygens (including phenoxy) is 1. The normalized spacial score (nSPS) is 18.9. The van der Waals surface area contributed by atoms with E-state index in [0.29, 0.717) is 25.4 Å². The van der Waals surface area contributed by atoms with Crippen LogP contribution in [-0.2, 0) is 9.59 Å². The van der Waals surface area contributed by atoms with E-state index >= 15 is 0 Å². The lowest BCUT2D eigenvalue weighted by Crippen LogP contribution is -2.58. The first-order valence-electron chi connectivity index (χ1n) is 6.15. The van der Waals surface area contributed by atoms with Gasteiger partial charge in [-0.05, 0) is 12.1 Å². The fraction of sp³-hybridized carbons (Fsp3) is 0.385. The highest BCUT2D eigenvalue weighted by molar-refractivity contribution is 5.83. The van der Waals surface area contributed by atoms with Gasteiger partial charge in [0, 0.05) is 19.6 Å². The molecule has 1 fully saturated rings. The van der Waals surface area contributed by atoms with Crippen molar-refractivity contribution in [1.82, 2.24) is 10.2 Å². The van der Waals surface area contributed by atoms with E-state index in [1.165, 1.54) is 0 Å². The molecular weight excluding hydrogens is 246 g/mol. The minimum atomic E-state index is -0.477. The van der Waals surface area contributed by atoms with Gasteiger partial charge in [-0.25, -0.2) is 0 Å². The molecule has 1 aliphatic heterocycles. The van der Waals surface area contributed by atoms with Gasteiger partial charge >= 0.3 is 0 Å². The summed E-state index contributed by atoms with van der Waals surface area (Å²) in [6, 6.07) is 8.66. The number of nitrogens with two attached hydrogens (primary N) is 1. The summed E-state index contributed by atoms with van der Waals surface area (Å²) in [4.78, 5) is 24.6. The zero-order valence-corrected chi connectivity index (χ0v) is 10.5. The molecule has 102 valence electrons. The molecule has 1 aliphatic rings. The number of carbonyl (C=O) groups is 2. The fourth-order valence-electron chi connectivity index (χ4n) is 1.92. The zero-order chi connectivity index (χ0) is 13.7. The van der Waals surface area contributed by atoms with E-state index in [1.54, 1.807) is 17.0 Å². The Morgan fingerprint density at radius 2 is 2.11 bits per heavy atom. The largest absolute Gasteiger partial charge is 0.484 e. The number of benzene rings is 1. The molecule has 2 amide bonds. The quantitative estimate of drug-likeness (QED) is 0.756. The summed E-state index contributed by atoms with van der Waals surface area (Å²) in [7, 11) is 0. The van der Waals surface area contributed by atoms with Crippen molar-refractivity contribution >= 4 is 11.8 Å². The van der Waals surface area contributed by atoms with Crippen LogP contribution < -0.4 is 15.8 Å². The van der Waals surface area contributed by atoms with Crippen molar-refractivity contribution in [1.29, 1.82) is 0 Å². The Bertz CT molecular complexity index is 450. The molecule has 0 spiro atoms. The minimum absolute atomic E-state index is 0.0322. The van der Waals surface area contributed by atoms with Crippen LogP contribution in [-0.4, -0.2) is 49.0 Å². The molecule has 0 bridgehead atoms. The maximum absolute atomic E-state index is 12.0. The highest BCUT2D eigenvalue weighted by Gasteiger charge is 2.26. The summed E-state index contributed by atoms with van der Waals surface area (Å²) < 4.78 is 5.39. The Morgan fingerprint density at radius 3 is 2.79 bits per heavy atom. The molecule has 1 heterocycles. The number of piperazine rings is 1. The van der Waals surface area contributed by atoms with Crippen molar-refractivity contribution < 1.29 is 14.3 Å². The topological polar surface area (TPSA) is 84.7 Å². The molecule has 2 rings (SSSR count). The Hall–Kier alpha value is -2.08. The molecule has 1 atom stereocenters. The molecule has 0 unspecified atom stereocenters. The number of hydrogen-bond donors (Lipinski definition) is 2. The van der Waals surface area contributed by atoms with Gasteiger partial charge in [-0.3, -0.25) is 9.59 Å². The molecule has 0 radical (unpaired) electrons. The van der Waals surface area contributed by atoms with E-state index in [2.05, 4.69) is 5.32 Å². The maximum atomic E-state index is 12.0. The molecule has 0 aliphatic carbocycles. The number of rotatable bonds is 4. The molecule has 1 aromatic rings. The Balaban J connectivity index is 1.84. The first kappa shape index (κ1) is 13.4. The van der Waals surface area contributed by atoms with Crippen LogP contribution in [0.25, 0.3) is 0 Å². The second-order valence-electron chi connectivity index (χ2n) is 4.35. The molecule has 3 N–H and O–H groups in total. The van der Waals surface area contributed by atoms with Crippen LogP contribution in [0, 0.1) is 0 Å². The number of para-hydroxylation sites is 1. The van der Waals surface area contributed by atoms with Crippen LogP contribution in [0.5, 0.6) is 5.75 Å². The highest BCUT2D eigenvalue weighted by atomic mass is 16.5. The lowest BCUT2D eigenvalue weighted by Gasteiger charge is -2.32. The van der Waals surface area contributed by atoms with E-state index < -0.39 is 11.9 Å². The summed E-state index contributed by atoms with van der Waals surface area (Å²) in [5.41, 5.74) is 5.22. The number of amides is 2. The highest BCUT2D eigenvalue weighted by Crippen LogP contribution is 2.08. The molecular formula is C13H17N3O3. The van der Waals surface area contributed by atoms with Gasteiger partial charge in [0.2, 0.25) is 5.91 Å². The van der Waals surface area contributed by atoms with Gasteiger partial charge in [0.1, 0.15) is 11.8 Å². The first-order valence-corrected chi connectivity index (χ1v) is 6.15. The second-order valence-corrected chi connectivity index (χ2v) is 4.35. The SMILES string of the molecule is NC(=O)[C@H]1CN(C(=O)COc2ccccc2)CCN1. The van der Waals surface area contributed by atoms with Crippen LogP contribution in [0.1, 0.15) is 0 Å². The van der Waals surface area contributed by atoms with Crippen LogP contribution in [0.3, 0.4) is 0 Å². The molecule has 6 nitrogen and oxygen atoms in total. The van der Waals surface area contributed by atoms with Crippen molar-refractivity contribution in [2.75, 3.05) is 26.2 Å². The summed E-state index contributed by atoms with van der Waals surface area (Å²) in [6.45, 7) is 1.38. The summed E-state index contributed by atoms with van der Waals surface area (Å²) in [5.74, 6) is 0.0653. The molecule has 6 heteroatoms. The third-order valence-corrected chi connectivity index (χ3v) is 2.98. The van der Waals surface area contributed by atoms with Crippen LogP contribution in [0.2, 0.25) is 0 Å². The van der Waals surface area contributed by atoms with Crippen molar-refractivity contribution in [2.24, 2.45) is 5.73 Å². The Kier molecular flexibility index (Phi) is 4.35. The predicted octanol–water partition coefficient (Wildman–Crippen LogP) is -0.649. The van der Waals surface area contributed by atoms with Crippen molar-refractivity contribution in [3.63, 3.8) is 0 Å². The third kappa shape index (κ3) is 3.69. The first-order chi connectivity index (χ1) is 9.16. The average molecular weight is 263 g/mol. The van der Waals surface area contributed by atoms with Gasteiger partial charge < -0.3 is 20.7 Å². The maximum Gasteiger partial charge on any atom is 0.260 e. The lowest BCUT2D eigenvalue weighted by molar-refractivity contribution is -0.135. The summed E-state index contributed by atoms with van der Waals surface area (Å²) in [5, 5.41) is 2.97. The molecule has 0 saturated carbocycles. The van der Waals surface area contributed by atoms with E-state index in [1.807, 2.05) is 18.2 Å². The van der Waals surface area contributed by atoms with E-state index in [9.17, 15) is 9.59 Å². The fourth-order valence-corrected chi connectivity index (χ4v) is 1.92. The molecule has 1 saturated heterocycles. The number of hydrogen-bond acceptors (Lipinski definition) is 4. The van der Waals surface area contributed by atoms with Crippen molar-refractivity contribution in [3.8, 4) is 5.75 Å². The third-order valence-electron chi connectivity index (χ3n) is 2.98. The number of primary amides is 1. The second kappa shape index (κ2) is 6.19. The van der Waals surface area contributed by atoms with Crippen molar-refractivity contribution in [3.05, 3.63) is 30.3 Å². The Labute approximate surface area is 111 Å². The van der Waals surface area contributed by atoms with Gasteiger partial charge in [-0.1, -0.05) is 18.2 Å². The van der Waals surface area contributed by atoms with Gasteiger partial charge in [-0.2, -0.15) is 0 Å². The van der Waals surface area contributed by atoms with Crippen LogP contribution >= 0.6 is 0 Å². The van der Waals surface area contributed by atoms with Gasteiger partial charge in [0.25, 0.3) is 5.91 Å². The molecule has 0 aromatic heterocycles. The van der Waals surface area contributed by atoms with E-state index in [0.717, 1.165) is 0 Å². The molecule has 1 aromatic carbocycles. The standard InChI is InChI=1S/C13H17N3O3/c14-13(18)11-8-16(7-6-15-11)12(17)9-19-10-4-2-1-3-5-10/h1-5,11,15H,6-9H2,(H2,14,18)/t11-/m1/s1. The number of nitrogens with zero attached hydrogens (tertiary/aromatic N) is 1. The van der Waals surface area contributed by atoms with Crippen LogP contribution in [0.15, 0.2) is 30.3 Å². The summed E-state index contributed by atoms with van der Waals surface area (Å²) >= 11 is 0. The predicted molar refractivity (Wildman–Crippen MR) is 69.5 cm³/mol. The number of carbonyl (C=O) groups excluding carboxylic acids is 2. The van der Waals surface area contributed by atoms with Gasteiger partial charge in [0.05, 0.1) is 0 Å².